The summed E-state index contributed by atoms with van der Waals surface area (Å²) in [7, 11) is 2.13. The molecule has 0 saturated carbocycles. The molecule has 3 nitrogen and oxygen atoms in total. The zero-order valence-electron chi connectivity index (χ0n) is 12.5. The van der Waals surface area contributed by atoms with Crippen LogP contribution in [0.25, 0.3) is 0 Å². The summed E-state index contributed by atoms with van der Waals surface area (Å²) in [6.07, 6.45) is 3.29. The average molecular weight is 264 g/mol. The van der Waals surface area contributed by atoms with E-state index in [4.69, 9.17) is 0 Å². The first kappa shape index (κ1) is 16.0. The maximum Gasteiger partial charge on any atom is 0.0610 e. The molecule has 0 aliphatic rings. The van der Waals surface area contributed by atoms with Crippen LogP contribution in [0.3, 0.4) is 0 Å². The first-order valence-electron chi connectivity index (χ1n) is 7.23. The Labute approximate surface area is 117 Å². The van der Waals surface area contributed by atoms with Crippen molar-refractivity contribution in [1.29, 1.82) is 0 Å². The molecule has 0 aromatic heterocycles. The fraction of sp³-hybridized carbons (Fsp3) is 0.625. The molecular weight excluding hydrogens is 236 g/mol. The van der Waals surface area contributed by atoms with E-state index >= 15 is 0 Å². The van der Waals surface area contributed by atoms with Crippen LogP contribution in [0.2, 0.25) is 0 Å². The Morgan fingerprint density at radius 1 is 1.21 bits per heavy atom. The lowest BCUT2D eigenvalue weighted by molar-refractivity contribution is 0.165. The summed E-state index contributed by atoms with van der Waals surface area (Å²) >= 11 is 0. The van der Waals surface area contributed by atoms with E-state index < -0.39 is 0 Å². The maximum atomic E-state index is 9.43. The molecule has 0 aliphatic heterocycles. The van der Waals surface area contributed by atoms with E-state index in [1.807, 2.05) is 6.07 Å². The first-order chi connectivity index (χ1) is 9.11. The number of aliphatic hydroxyl groups is 1. The van der Waals surface area contributed by atoms with Gasteiger partial charge in [-0.15, -0.1) is 0 Å². The van der Waals surface area contributed by atoms with Crippen molar-refractivity contribution < 1.29 is 5.11 Å². The third-order valence-corrected chi connectivity index (χ3v) is 3.62. The number of para-hydroxylation sites is 1. The SMILES string of the molecule is CCNC(C)(CO)CCCCN(C)c1ccccc1. The van der Waals surface area contributed by atoms with E-state index in [0.29, 0.717) is 0 Å². The normalized spacial score (nSPS) is 14.1. The van der Waals surface area contributed by atoms with E-state index in [1.54, 1.807) is 0 Å². The Morgan fingerprint density at radius 2 is 1.89 bits per heavy atom. The van der Waals surface area contributed by atoms with Gasteiger partial charge in [0.25, 0.3) is 0 Å². The molecule has 0 radical (unpaired) electrons. The molecule has 1 atom stereocenters. The molecular formula is C16H28N2O. The number of benzene rings is 1. The zero-order chi connectivity index (χ0) is 14.1. The van der Waals surface area contributed by atoms with Gasteiger partial charge in [-0.1, -0.05) is 25.1 Å². The highest BCUT2D eigenvalue weighted by Gasteiger charge is 2.20. The number of nitrogens with zero attached hydrogens (tertiary/aromatic N) is 1. The molecule has 3 heteroatoms. The van der Waals surface area contributed by atoms with Crippen LogP contribution in [0.15, 0.2) is 30.3 Å². The van der Waals surface area contributed by atoms with Gasteiger partial charge < -0.3 is 15.3 Å². The average Bonchev–Trinajstić information content (AvgIpc) is 2.44. The van der Waals surface area contributed by atoms with Crippen LogP contribution in [-0.2, 0) is 0 Å². The van der Waals surface area contributed by atoms with Crippen LogP contribution in [0, 0.1) is 0 Å². The predicted molar refractivity (Wildman–Crippen MR) is 82.7 cm³/mol. The van der Waals surface area contributed by atoms with Gasteiger partial charge in [-0.25, -0.2) is 0 Å². The van der Waals surface area contributed by atoms with Crippen LogP contribution in [0.1, 0.15) is 33.1 Å². The van der Waals surface area contributed by atoms with Gasteiger partial charge in [-0.3, -0.25) is 0 Å². The van der Waals surface area contributed by atoms with Gasteiger partial charge in [0.15, 0.2) is 0 Å². The summed E-state index contributed by atoms with van der Waals surface area (Å²) in [4.78, 5) is 2.28. The van der Waals surface area contributed by atoms with Crippen LogP contribution >= 0.6 is 0 Å². The molecule has 1 unspecified atom stereocenters. The Kier molecular flexibility index (Phi) is 6.89. The van der Waals surface area contributed by atoms with Crippen LogP contribution in [-0.4, -0.2) is 37.4 Å². The zero-order valence-corrected chi connectivity index (χ0v) is 12.5. The Hall–Kier alpha value is -1.06. The van der Waals surface area contributed by atoms with Gasteiger partial charge in [-0.05, 0) is 44.9 Å². The van der Waals surface area contributed by atoms with E-state index in [0.717, 1.165) is 32.4 Å². The number of hydrogen-bond donors (Lipinski definition) is 2. The molecule has 1 aromatic rings. The molecule has 19 heavy (non-hydrogen) atoms. The van der Waals surface area contributed by atoms with Gasteiger partial charge in [0, 0.05) is 24.8 Å². The minimum absolute atomic E-state index is 0.125. The fourth-order valence-corrected chi connectivity index (χ4v) is 2.33. The molecule has 0 spiro atoms. The van der Waals surface area contributed by atoms with Crippen molar-refractivity contribution in [3.63, 3.8) is 0 Å². The predicted octanol–water partition coefficient (Wildman–Crippen LogP) is 2.65. The quantitative estimate of drug-likeness (QED) is 0.673. The lowest BCUT2D eigenvalue weighted by atomic mass is 9.95. The minimum atomic E-state index is -0.125. The standard InChI is InChI=1S/C16H28N2O/c1-4-17-16(2,14-19)12-8-9-13-18(3)15-10-6-5-7-11-15/h5-7,10-11,17,19H,4,8-9,12-14H2,1-3H3. The van der Waals surface area contributed by atoms with Crippen molar-refractivity contribution in [1.82, 2.24) is 5.32 Å². The number of likely N-dealkylation sites (N-methyl/N-ethyl adjacent to an activating group) is 1. The summed E-state index contributed by atoms with van der Waals surface area (Å²) in [5, 5.41) is 12.8. The second-order valence-corrected chi connectivity index (χ2v) is 5.46. The van der Waals surface area contributed by atoms with Gasteiger partial charge >= 0.3 is 0 Å². The monoisotopic (exact) mass is 264 g/mol. The van der Waals surface area contributed by atoms with E-state index in [9.17, 15) is 5.11 Å². The lowest BCUT2D eigenvalue weighted by Crippen LogP contribution is -2.45. The van der Waals surface area contributed by atoms with Crippen molar-refractivity contribution >= 4 is 5.69 Å². The lowest BCUT2D eigenvalue weighted by Gasteiger charge is -2.28. The van der Waals surface area contributed by atoms with Gasteiger partial charge in [0.2, 0.25) is 0 Å². The van der Waals surface area contributed by atoms with Gasteiger partial charge in [-0.2, -0.15) is 0 Å². The first-order valence-corrected chi connectivity index (χ1v) is 7.23. The molecule has 0 saturated heterocycles. The van der Waals surface area contributed by atoms with Crippen molar-refractivity contribution in [2.75, 3.05) is 31.6 Å². The van der Waals surface area contributed by atoms with E-state index in [-0.39, 0.29) is 12.1 Å². The Morgan fingerprint density at radius 3 is 2.47 bits per heavy atom. The molecule has 0 aliphatic carbocycles. The van der Waals surface area contributed by atoms with Gasteiger partial charge in [0.1, 0.15) is 0 Å². The number of unbranched alkanes of at least 4 members (excludes halogenated alkanes) is 1. The summed E-state index contributed by atoms with van der Waals surface area (Å²) in [6.45, 7) is 6.34. The molecule has 1 aromatic carbocycles. The van der Waals surface area contributed by atoms with Crippen molar-refractivity contribution in [3.05, 3.63) is 30.3 Å². The molecule has 0 amide bonds. The third-order valence-electron chi connectivity index (χ3n) is 3.62. The Balaban J connectivity index is 2.27. The maximum absolute atomic E-state index is 9.43. The van der Waals surface area contributed by atoms with Gasteiger partial charge in [0.05, 0.1) is 6.61 Å². The van der Waals surface area contributed by atoms with Crippen LogP contribution < -0.4 is 10.2 Å². The summed E-state index contributed by atoms with van der Waals surface area (Å²) in [5.74, 6) is 0. The highest BCUT2D eigenvalue weighted by atomic mass is 16.3. The third kappa shape index (κ3) is 5.62. The molecule has 0 bridgehead atoms. The molecule has 0 heterocycles. The van der Waals surface area contributed by atoms with E-state index in [1.165, 1.54) is 5.69 Å². The second kappa shape index (κ2) is 8.18. The topological polar surface area (TPSA) is 35.5 Å². The number of anilines is 1. The minimum Gasteiger partial charge on any atom is -0.394 e. The van der Waals surface area contributed by atoms with Crippen LogP contribution in [0.4, 0.5) is 5.69 Å². The summed E-state index contributed by atoms with van der Waals surface area (Å²) in [5.41, 5.74) is 1.14. The fourth-order valence-electron chi connectivity index (χ4n) is 2.33. The smallest absolute Gasteiger partial charge is 0.0610 e. The number of aliphatic hydroxyl groups excluding tert-OH is 1. The Bertz CT molecular complexity index is 342. The molecule has 0 fully saturated rings. The highest BCUT2D eigenvalue weighted by Crippen LogP contribution is 2.15. The highest BCUT2D eigenvalue weighted by molar-refractivity contribution is 5.44. The number of rotatable bonds is 9. The number of hydrogen-bond acceptors (Lipinski definition) is 3. The van der Waals surface area contributed by atoms with Crippen molar-refractivity contribution in [3.8, 4) is 0 Å². The number of nitrogens with one attached hydrogen (secondary N) is 1. The molecule has 1 rings (SSSR count). The van der Waals surface area contributed by atoms with Crippen molar-refractivity contribution in [2.45, 2.75) is 38.6 Å². The van der Waals surface area contributed by atoms with Crippen LogP contribution in [0.5, 0.6) is 0 Å². The summed E-state index contributed by atoms with van der Waals surface area (Å²) in [6, 6.07) is 10.5. The molecule has 108 valence electrons. The molecule has 2 N–H and O–H groups in total. The van der Waals surface area contributed by atoms with E-state index in [2.05, 4.69) is 55.4 Å². The summed E-state index contributed by atoms with van der Waals surface area (Å²) < 4.78 is 0. The second-order valence-electron chi connectivity index (χ2n) is 5.46. The largest absolute Gasteiger partial charge is 0.394 e. The van der Waals surface area contributed by atoms with Crippen molar-refractivity contribution in [2.24, 2.45) is 0 Å².